The Kier molecular flexibility index (Phi) is 8.64. The van der Waals surface area contributed by atoms with Crippen LogP contribution < -0.4 is 0 Å². The molecule has 0 saturated carbocycles. The van der Waals surface area contributed by atoms with Crippen LogP contribution in [-0.2, 0) is 19.1 Å². The van der Waals surface area contributed by atoms with E-state index in [1.54, 1.807) is 19.8 Å². The average Bonchev–Trinajstić information content (AvgIpc) is 2.27. The molecule has 0 bridgehead atoms. The number of thioether (sulfide) groups is 1. The molecule has 0 heterocycles. The molecule has 1 atom stereocenters. The standard InChI is InChI=1S/C12H20O4S/c1-5-15-10(7-13)8-17-11(9(3)4)12(14)16-6-2/h9,11H,5-6,8H2,1-4H3. The van der Waals surface area contributed by atoms with Crippen LogP contribution in [-0.4, -0.2) is 36.1 Å². The van der Waals surface area contributed by atoms with Gasteiger partial charge < -0.3 is 9.47 Å². The third-order valence-electron chi connectivity index (χ3n) is 1.95. The zero-order valence-electron chi connectivity index (χ0n) is 10.8. The summed E-state index contributed by atoms with van der Waals surface area (Å²) in [5, 5.41) is -0.279. The van der Waals surface area contributed by atoms with Gasteiger partial charge in [-0.25, -0.2) is 4.79 Å². The van der Waals surface area contributed by atoms with E-state index in [1.807, 2.05) is 13.8 Å². The molecule has 0 aromatic carbocycles. The van der Waals surface area contributed by atoms with Crippen molar-refractivity contribution >= 4 is 23.7 Å². The van der Waals surface area contributed by atoms with Gasteiger partial charge in [0.25, 0.3) is 0 Å². The van der Waals surface area contributed by atoms with Crippen molar-refractivity contribution in [3.8, 4) is 0 Å². The lowest BCUT2D eigenvalue weighted by Crippen LogP contribution is -2.26. The van der Waals surface area contributed by atoms with Crippen LogP contribution in [0.2, 0.25) is 0 Å². The maximum atomic E-state index is 11.7. The zero-order chi connectivity index (χ0) is 13.3. The quantitative estimate of drug-likeness (QED) is 0.380. The first kappa shape index (κ1) is 16.1. The van der Waals surface area contributed by atoms with Crippen molar-refractivity contribution < 1.29 is 19.1 Å². The van der Waals surface area contributed by atoms with Gasteiger partial charge in [-0.15, -0.1) is 11.8 Å². The minimum Gasteiger partial charge on any atom is -0.486 e. The van der Waals surface area contributed by atoms with E-state index in [9.17, 15) is 9.59 Å². The van der Waals surface area contributed by atoms with Gasteiger partial charge in [-0.3, -0.25) is 4.79 Å². The van der Waals surface area contributed by atoms with Crippen LogP contribution in [0, 0.1) is 5.92 Å². The van der Waals surface area contributed by atoms with Crippen LogP contribution in [0.4, 0.5) is 0 Å². The average molecular weight is 260 g/mol. The molecule has 0 spiro atoms. The highest BCUT2D eigenvalue weighted by Gasteiger charge is 2.24. The van der Waals surface area contributed by atoms with Crippen LogP contribution in [0.1, 0.15) is 27.7 Å². The fraction of sp³-hybridized carbons (Fsp3) is 0.750. The van der Waals surface area contributed by atoms with Crippen LogP contribution in [0.25, 0.3) is 0 Å². The molecule has 0 saturated heterocycles. The van der Waals surface area contributed by atoms with Crippen molar-refractivity contribution in [3.63, 3.8) is 0 Å². The van der Waals surface area contributed by atoms with Gasteiger partial charge in [0.2, 0.25) is 0 Å². The molecule has 0 aliphatic carbocycles. The number of hydrogen-bond donors (Lipinski definition) is 0. The Hall–Kier alpha value is -0.930. The second-order valence-corrected chi connectivity index (χ2v) is 4.82. The first-order chi connectivity index (χ1) is 8.06. The van der Waals surface area contributed by atoms with Gasteiger partial charge in [-0.2, -0.15) is 0 Å². The second-order valence-electron chi connectivity index (χ2n) is 3.69. The van der Waals surface area contributed by atoms with Crippen LogP contribution >= 0.6 is 11.8 Å². The summed E-state index contributed by atoms with van der Waals surface area (Å²) in [5.41, 5.74) is 0. The predicted molar refractivity (Wildman–Crippen MR) is 68.5 cm³/mol. The van der Waals surface area contributed by atoms with Gasteiger partial charge in [0, 0.05) is 0 Å². The fourth-order valence-electron chi connectivity index (χ4n) is 1.20. The Morgan fingerprint density at radius 2 is 1.82 bits per heavy atom. The van der Waals surface area contributed by atoms with Crippen molar-refractivity contribution in [2.24, 2.45) is 5.92 Å². The maximum Gasteiger partial charge on any atom is 0.319 e. The minimum absolute atomic E-state index is 0.147. The number of carbonyl (C=O) groups excluding carboxylic acids is 2. The number of ether oxygens (including phenoxy) is 2. The van der Waals surface area contributed by atoms with Crippen LogP contribution in [0.5, 0.6) is 0 Å². The zero-order valence-corrected chi connectivity index (χ0v) is 11.6. The van der Waals surface area contributed by atoms with E-state index < -0.39 is 0 Å². The number of esters is 1. The molecule has 17 heavy (non-hydrogen) atoms. The molecule has 5 heteroatoms. The summed E-state index contributed by atoms with van der Waals surface area (Å²) in [5.74, 6) is 2.23. The van der Waals surface area contributed by atoms with Gasteiger partial charge in [0.15, 0.2) is 11.7 Å². The monoisotopic (exact) mass is 260 g/mol. The van der Waals surface area contributed by atoms with Crippen molar-refractivity contribution in [2.75, 3.05) is 19.0 Å². The molecule has 0 rings (SSSR count). The van der Waals surface area contributed by atoms with Crippen LogP contribution in [0.3, 0.4) is 0 Å². The SMILES string of the molecule is CCOC(=O)C(SCC(=C=O)OCC)C(C)C. The summed E-state index contributed by atoms with van der Waals surface area (Å²) >= 11 is 1.35. The Morgan fingerprint density at radius 3 is 2.24 bits per heavy atom. The Bertz CT molecular complexity index is 282. The topological polar surface area (TPSA) is 52.6 Å². The van der Waals surface area contributed by atoms with E-state index in [-0.39, 0.29) is 22.9 Å². The minimum atomic E-state index is -0.279. The largest absolute Gasteiger partial charge is 0.486 e. The molecule has 98 valence electrons. The first-order valence-electron chi connectivity index (χ1n) is 5.71. The van der Waals surface area contributed by atoms with Gasteiger partial charge in [-0.05, 0) is 19.8 Å². The summed E-state index contributed by atoms with van der Waals surface area (Å²) < 4.78 is 10.1. The lowest BCUT2D eigenvalue weighted by molar-refractivity contribution is -0.143. The van der Waals surface area contributed by atoms with Gasteiger partial charge in [0.05, 0.1) is 19.0 Å². The summed E-state index contributed by atoms with van der Waals surface area (Å²) in [7, 11) is 0. The third-order valence-corrected chi connectivity index (χ3v) is 3.48. The lowest BCUT2D eigenvalue weighted by Gasteiger charge is -2.18. The number of rotatable bonds is 8. The lowest BCUT2D eigenvalue weighted by atomic mass is 10.1. The fourth-order valence-corrected chi connectivity index (χ4v) is 2.26. The van der Waals surface area contributed by atoms with Gasteiger partial charge in [0.1, 0.15) is 5.25 Å². The number of carbonyl (C=O) groups is 1. The summed E-state index contributed by atoms with van der Waals surface area (Å²) in [4.78, 5) is 22.2. The molecule has 0 aromatic heterocycles. The second kappa shape index (κ2) is 9.14. The Balaban J connectivity index is 4.36. The molecule has 4 nitrogen and oxygen atoms in total. The smallest absolute Gasteiger partial charge is 0.319 e. The summed E-state index contributed by atoms with van der Waals surface area (Å²) in [6.07, 6.45) is 0. The molecule has 0 aliphatic rings. The van der Waals surface area contributed by atoms with Crippen molar-refractivity contribution in [1.82, 2.24) is 0 Å². The molecule has 0 fully saturated rings. The highest BCUT2D eigenvalue weighted by Crippen LogP contribution is 2.22. The van der Waals surface area contributed by atoms with E-state index >= 15 is 0 Å². The van der Waals surface area contributed by atoms with Crippen LogP contribution in [0.15, 0.2) is 5.76 Å². The highest BCUT2D eigenvalue weighted by molar-refractivity contribution is 8.00. The van der Waals surface area contributed by atoms with Crippen molar-refractivity contribution in [2.45, 2.75) is 32.9 Å². The number of hydrogen-bond acceptors (Lipinski definition) is 5. The first-order valence-corrected chi connectivity index (χ1v) is 6.76. The normalized spacial score (nSPS) is 11.8. The summed E-state index contributed by atoms with van der Waals surface area (Å²) in [6.45, 7) is 8.25. The van der Waals surface area contributed by atoms with E-state index in [2.05, 4.69) is 0 Å². The molecule has 0 N–H and O–H groups in total. The molecular weight excluding hydrogens is 240 g/mol. The molecule has 0 aliphatic heterocycles. The molecule has 0 amide bonds. The summed E-state index contributed by atoms with van der Waals surface area (Å²) in [6, 6.07) is 0. The molecule has 0 radical (unpaired) electrons. The van der Waals surface area contributed by atoms with Crippen molar-refractivity contribution in [1.29, 1.82) is 0 Å². The Morgan fingerprint density at radius 1 is 1.24 bits per heavy atom. The van der Waals surface area contributed by atoms with E-state index in [0.29, 0.717) is 19.0 Å². The molecule has 1 unspecified atom stereocenters. The van der Waals surface area contributed by atoms with Gasteiger partial charge >= 0.3 is 5.97 Å². The Labute approximate surface area is 107 Å². The molecular formula is C12H20O4S. The van der Waals surface area contributed by atoms with E-state index in [0.717, 1.165) is 0 Å². The van der Waals surface area contributed by atoms with E-state index in [4.69, 9.17) is 9.47 Å². The third kappa shape index (κ3) is 6.39. The predicted octanol–water partition coefficient (Wildman–Crippen LogP) is 2.06. The molecule has 0 aromatic rings. The highest BCUT2D eigenvalue weighted by atomic mass is 32.2. The van der Waals surface area contributed by atoms with E-state index in [1.165, 1.54) is 11.8 Å². The maximum absolute atomic E-state index is 11.7. The van der Waals surface area contributed by atoms with Gasteiger partial charge in [-0.1, -0.05) is 13.8 Å². The van der Waals surface area contributed by atoms with Crippen molar-refractivity contribution in [3.05, 3.63) is 5.76 Å².